The first-order chi connectivity index (χ1) is 13.9. The molecule has 0 amide bonds. The average Bonchev–Trinajstić information content (AvgIpc) is 2.73. The molecule has 0 aliphatic heterocycles. The van der Waals surface area contributed by atoms with Gasteiger partial charge in [-0.05, 0) is 39.8 Å². The summed E-state index contributed by atoms with van der Waals surface area (Å²) < 4.78 is 10.9. The van der Waals surface area contributed by atoms with Crippen LogP contribution in [-0.2, 0) is 14.4 Å². The number of aromatic nitrogens is 1. The second-order valence-corrected chi connectivity index (χ2v) is 5.89. The Bertz CT molecular complexity index is 902. The molecule has 6 nitrogen and oxygen atoms in total. The largest absolute Gasteiger partial charge is 0.465 e. The fourth-order valence-electron chi connectivity index (χ4n) is 2.71. The molecule has 1 aromatic carbocycles. The molecule has 0 saturated heterocycles. The Kier molecular flexibility index (Phi) is 9.59. The first kappa shape index (κ1) is 23.9. The van der Waals surface area contributed by atoms with Crippen LogP contribution in [0.2, 0.25) is 0 Å². The molecule has 6 heteroatoms. The number of hydrogen-bond donors (Lipinski definition) is 0. The molecule has 156 valence electrons. The lowest BCUT2D eigenvalue weighted by Crippen LogP contribution is -2.06. The van der Waals surface area contributed by atoms with Crippen molar-refractivity contribution in [1.29, 1.82) is 0 Å². The summed E-state index contributed by atoms with van der Waals surface area (Å²) in [4.78, 5) is 21.5. The molecule has 0 unspecified atom stereocenters. The van der Waals surface area contributed by atoms with Crippen molar-refractivity contribution in [2.75, 3.05) is 14.2 Å². The number of methoxy groups -OCH3 is 1. The van der Waals surface area contributed by atoms with Crippen molar-refractivity contribution in [2.45, 2.75) is 41.5 Å². The first-order valence-corrected chi connectivity index (χ1v) is 9.51. The Morgan fingerprint density at radius 3 is 2.34 bits per heavy atom. The van der Waals surface area contributed by atoms with Gasteiger partial charge in [0.15, 0.2) is 0 Å². The molecule has 0 radical (unpaired) electrons. The minimum atomic E-state index is -0.420. The van der Waals surface area contributed by atoms with Gasteiger partial charge in [0.25, 0.3) is 0 Å². The summed E-state index contributed by atoms with van der Waals surface area (Å²) in [6.45, 7) is 11.4. The molecule has 29 heavy (non-hydrogen) atoms. The zero-order chi connectivity index (χ0) is 22.0. The van der Waals surface area contributed by atoms with E-state index in [4.69, 9.17) is 14.3 Å². The number of para-hydroxylation sites is 1. The summed E-state index contributed by atoms with van der Waals surface area (Å²) in [7, 11) is 2.86. The molecule has 0 aliphatic rings. The molecule has 0 saturated carbocycles. The van der Waals surface area contributed by atoms with E-state index in [1.165, 1.54) is 14.2 Å². The molecule has 2 rings (SSSR count). The number of pyridine rings is 1. The number of allylic oxidation sites excluding steroid dienone is 1. The molecule has 1 aromatic heterocycles. The van der Waals surface area contributed by atoms with Crippen molar-refractivity contribution in [1.82, 2.24) is 4.98 Å². The fourth-order valence-corrected chi connectivity index (χ4v) is 2.71. The van der Waals surface area contributed by atoms with E-state index >= 15 is 0 Å². The quantitative estimate of drug-likeness (QED) is 0.279. The summed E-state index contributed by atoms with van der Waals surface area (Å²) >= 11 is 0. The Labute approximate surface area is 173 Å². The normalized spacial score (nSPS) is 11.3. The van der Waals surface area contributed by atoms with Gasteiger partial charge in [-0.25, -0.2) is 9.78 Å². The van der Waals surface area contributed by atoms with Gasteiger partial charge in [0.05, 0.1) is 24.1 Å². The molecule has 0 bridgehead atoms. The van der Waals surface area contributed by atoms with Crippen LogP contribution in [0.4, 0.5) is 0 Å². The van der Waals surface area contributed by atoms with Crippen molar-refractivity contribution in [3.8, 4) is 11.6 Å². The van der Waals surface area contributed by atoms with Crippen molar-refractivity contribution >= 4 is 17.3 Å². The SMILES string of the molecule is C/C=C(\C(=O)OC)c1ccccc1Oc1nc(C)c(/C(C)=N\OC)cc1C.CC. The van der Waals surface area contributed by atoms with Gasteiger partial charge >= 0.3 is 5.97 Å². The van der Waals surface area contributed by atoms with Gasteiger partial charge in [-0.1, -0.05) is 43.3 Å². The number of carbonyl (C=O) groups excluding carboxylic acids is 1. The third-order valence-corrected chi connectivity index (χ3v) is 4.05. The van der Waals surface area contributed by atoms with Crippen LogP contribution in [0, 0.1) is 13.8 Å². The summed E-state index contributed by atoms with van der Waals surface area (Å²) in [6, 6.07) is 9.25. The fraction of sp³-hybridized carbons (Fsp3) is 0.348. The lowest BCUT2D eigenvalue weighted by molar-refractivity contribution is -0.133. The predicted molar refractivity (Wildman–Crippen MR) is 116 cm³/mol. The van der Waals surface area contributed by atoms with Crippen molar-refractivity contribution in [3.05, 3.63) is 58.8 Å². The third kappa shape index (κ3) is 5.91. The van der Waals surface area contributed by atoms with Crippen molar-refractivity contribution in [3.63, 3.8) is 0 Å². The molecule has 2 aromatic rings. The number of aryl methyl sites for hydroxylation is 2. The van der Waals surface area contributed by atoms with Gasteiger partial charge in [0.1, 0.15) is 12.9 Å². The van der Waals surface area contributed by atoms with Crippen LogP contribution in [0.25, 0.3) is 5.57 Å². The highest BCUT2D eigenvalue weighted by atomic mass is 16.6. The van der Waals surface area contributed by atoms with E-state index < -0.39 is 5.97 Å². The van der Waals surface area contributed by atoms with E-state index in [0.29, 0.717) is 22.8 Å². The maximum atomic E-state index is 12.1. The Balaban J connectivity index is 0.00000204. The highest BCUT2D eigenvalue weighted by molar-refractivity contribution is 6.17. The third-order valence-electron chi connectivity index (χ3n) is 4.05. The van der Waals surface area contributed by atoms with Crippen LogP contribution < -0.4 is 4.74 Å². The second kappa shape index (κ2) is 11.6. The molecule has 0 aliphatic carbocycles. The van der Waals surface area contributed by atoms with Crippen LogP contribution in [0.1, 0.15) is 50.1 Å². The Morgan fingerprint density at radius 1 is 1.10 bits per heavy atom. The summed E-state index contributed by atoms with van der Waals surface area (Å²) in [5.41, 5.74) is 4.31. The van der Waals surface area contributed by atoms with Gasteiger partial charge in [0.2, 0.25) is 5.88 Å². The maximum absolute atomic E-state index is 12.1. The number of oxime groups is 1. The average molecular weight is 399 g/mol. The van der Waals surface area contributed by atoms with Gasteiger partial charge in [-0.2, -0.15) is 0 Å². The van der Waals surface area contributed by atoms with Crippen molar-refractivity contribution < 1.29 is 19.1 Å². The minimum absolute atomic E-state index is 0.420. The van der Waals surface area contributed by atoms with E-state index in [0.717, 1.165) is 22.5 Å². The second-order valence-electron chi connectivity index (χ2n) is 5.89. The predicted octanol–water partition coefficient (Wildman–Crippen LogP) is 5.46. The summed E-state index contributed by atoms with van der Waals surface area (Å²) in [6.07, 6.45) is 1.70. The zero-order valence-electron chi connectivity index (χ0n) is 18.5. The number of nitrogens with zero attached hydrogens (tertiary/aromatic N) is 2. The highest BCUT2D eigenvalue weighted by Gasteiger charge is 2.18. The topological polar surface area (TPSA) is 70.0 Å². The molecular weight excluding hydrogens is 368 g/mol. The van der Waals surface area contributed by atoms with Gasteiger partial charge in [0, 0.05) is 16.7 Å². The zero-order valence-corrected chi connectivity index (χ0v) is 18.5. The van der Waals surface area contributed by atoms with Gasteiger partial charge in [-0.3, -0.25) is 0 Å². The molecule has 0 spiro atoms. The number of hydrogen-bond acceptors (Lipinski definition) is 6. The van der Waals surface area contributed by atoms with E-state index in [-0.39, 0.29) is 0 Å². The van der Waals surface area contributed by atoms with Crippen LogP contribution in [0.5, 0.6) is 11.6 Å². The maximum Gasteiger partial charge on any atom is 0.338 e. The molecule has 0 atom stereocenters. The summed E-state index contributed by atoms with van der Waals surface area (Å²) in [5, 5.41) is 3.96. The number of ether oxygens (including phenoxy) is 2. The molecule has 0 fully saturated rings. The van der Waals surface area contributed by atoms with Crippen LogP contribution in [-0.4, -0.2) is 30.9 Å². The first-order valence-electron chi connectivity index (χ1n) is 9.51. The summed E-state index contributed by atoms with van der Waals surface area (Å²) in [5.74, 6) is 0.575. The lowest BCUT2D eigenvalue weighted by atomic mass is 10.0. The number of benzene rings is 1. The van der Waals surface area contributed by atoms with Crippen LogP contribution in [0.15, 0.2) is 41.6 Å². The van der Waals surface area contributed by atoms with Gasteiger partial charge < -0.3 is 14.3 Å². The van der Waals surface area contributed by atoms with E-state index in [9.17, 15) is 4.79 Å². The lowest BCUT2D eigenvalue weighted by Gasteiger charge is -2.15. The van der Waals surface area contributed by atoms with Crippen molar-refractivity contribution in [2.24, 2.45) is 5.16 Å². The molecule has 1 heterocycles. The van der Waals surface area contributed by atoms with Gasteiger partial charge in [-0.15, -0.1) is 0 Å². The van der Waals surface area contributed by atoms with E-state index in [1.807, 2.05) is 58.9 Å². The van der Waals surface area contributed by atoms with Crippen LogP contribution in [0.3, 0.4) is 0 Å². The Morgan fingerprint density at radius 2 is 1.76 bits per heavy atom. The number of rotatable bonds is 6. The standard InChI is InChI=1S/C21H24N2O4.C2H6/c1-7-16(21(24)25-5)17-10-8-9-11-19(17)27-20-13(2)12-18(14(3)22-20)15(4)23-26-6;1-2/h7-12H,1-6H3;1-2H3/b16-7-,23-15-;. The number of esters is 1. The monoisotopic (exact) mass is 398 g/mol. The van der Waals surface area contributed by atoms with E-state index in [1.54, 1.807) is 19.1 Å². The highest BCUT2D eigenvalue weighted by Crippen LogP contribution is 2.32. The molecule has 0 N–H and O–H groups in total. The smallest absolute Gasteiger partial charge is 0.338 e. The van der Waals surface area contributed by atoms with E-state index in [2.05, 4.69) is 10.1 Å². The number of carbonyl (C=O) groups is 1. The van der Waals surface area contributed by atoms with Crippen LogP contribution >= 0.6 is 0 Å². The molecular formula is C23H30N2O4. The minimum Gasteiger partial charge on any atom is -0.465 e. The Hall–Kier alpha value is -3.15.